The summed E-state index contributed by atoms with van der Waals surface area (Å²) >= 11 is 1.75. The topological polar surface area (TPSA) is 32.3 Å². The molecule has 1 heterocycles. The second-order valence-electron chi connectivity index (χ2n) is 7.27. The first kappa shape index (κ1) is 19.6. The first-order chi connectivity index (χ1) is 14.3. The van der Waals surface area contributed by atoms with E-state index in [0.29, 0.717) is 6.54 Å². The number of nitrogens with zero attached hydrogens (tertiary/aromatic N) is 1. The number of hydrogen-bond acceptors (Lipinski definition) is 3. The Kier molecular flexibility index (Phi) is 6.52. The summed E-state index contributed by atoms with van der Waals surface area (Å²) in [6.45, 7) is 2.62. The van der Waals surface area contributed by atoms with E-state index in [-0.39, 0.29) is 5.91 Å². The summed E-state index contributed by atoms with van der Waals surface area (Å²) in [5.41, 5.74) is 4.73. The highest BCUT2D eigenvalue weighted by Gasteiger charge is 2.16. The predicted octanol–water partition coefficient (Wildman–Crippen LogP) is 5.16. The number of rotatable bonds is 7. The minimum Gasteiger partial charge on any atom is -0.367 e. The van der Waals surface area contributed by atoms with Crippen LogP contribution in [0.4, 0.5) is 5.69 Å². The van der Waals surface area contributed by atoms with E-state index in [1.807, 2.05) is 30.3 Å². The zero-order chi connectivity index (χ0) is 19.9. The highest BCUT2D eigenvalue weighted by Crippen LogP contribution is 2.28. The lowest BCUT2D eigenvalue weighted by Crippen LogP contribution is -2.29. The van der Waals surface area contributed by atoms with Gasteiger partial charge in [-0.15, -0.1) is 11.8 Å². The van der Waals surface area contributed by atoms with Crippen LogP contribution >= 0.6 is 11.8 Å². The first-order valence-electron chi connectivity index (χ1n) is 10.2. The zero-order valence-corrected chi connectivity index (χ0v) is 17.3. The van der Waals surface area contributed by atoms with E-state index < -0.39 is 0 Å². The Bertz CT molecular complexity index is 941. The molecule has 1 aliphatic heterocycles. The number of aryl methyl sites for hydroxylation is 1. The van der Waals surface area contributed by atoms with E-state index in [2.05, 4.69) is 58.7 Å². The van der Waals surface area contributed by atoms with Crippen molar-refractivity contribution in [2.24, 2.45) is 0 Å². The van der Waals surface area contributed by atoms with Crippen molar-refractivity contribution in [2.45, 2.75) is 24.3 Å². The van der Waals surface area contributed by atoms with Crippen molar-refractivity contribution >= 4 is 23.4 Å². The van der Waals surface area contributed by atoms with E-state index in [1.165, 1.54) is 28.1 Å². The number of anilines is 1. The molecule has 4 heteroatoms. The second-order valence-corrected chi connectivity index (χ2v) is 8.44. The van der Waals surface area contributed by atoms with E-state index in [1.54, 1.807) is 11.8 Å². The number of carbonyl (C=O) groups is 1. The molecule has 0 aliphatic carbocycles. The normalized spacial score (nSPS) is 13.0. The number of thioether (sulfide) groups is 1. The molecular formula is C25H26N2OS. The van der Waals surface area contributed by atoms with Crippen molar-refractivity contribution in [1.82, 2.24) is 5.32 Å². The molecule has 0 atom stereocenters. The fourth-order valence-electron chi connectivity index (χ4n) is 3.71. The number of nitrogens with one attached hydrogen (secondary N) is 1. The van der Waals surface area contributed by atoms with Crippen molar-refractivity contribution in [3.63, 3.8) is 0 Å². The van der Waals surface area contributed by atoms with E-state index in [4.69, 9.17) is 0 Å². The summed E-state index contributed by atoms with van der Waals surface area (Å²) in [6, 6.07) is 26.9. The van der Waals surface area contributed by atoms with Gasteiger partial charge >= 0.3 is 0 Å². The summed E-state index contributed by atoms with van der Waals surface area (Å²) in [6.07, 6.45) is 2.35. The number of fused-ring (bicyclic) bond motifs is 1. The van der Waals surface area contributed by atoms with Crippen molar-refractivity contribution < 1.29 is 4.79 Å². The molecule has 1 N–H and O–H groups in total. The Morgan fingerprint density at radius 3 is 2.52 bits per heavy atom. The Labute approximate surface area is 177 Å². The van der Waals surface area contributed by atoms with Crippen molar-refractivity contribution in [2.75, 3.05) is 23.7 Å². The van der Waals surface area contributed by atoms with Crippen LogP contribution < -0.4 is 10.2 Å². The smallest absolute Gasteiger partial charge is 0.251 e. The number of para-hydroxylation sites is 1. The van der Waals surface area contributed by atoms with Gasteiger partial charge in [-0.3, -0.25) is 4.79 Å². The van der Waals surface area contributed by atoms with Crippen LogP contribution in [0.25, 0.3) is 0 Å². The Morgan fingerprint density at radius 2 is 1.69 bits per heavy atom. The summed E-state index contributed by atoms with van der Waals surface area (Å²) in [4.78, 5) is 16.1. The second kappa shape index (κ2) is 9.66. The minimum atomic E-state index is -0.00599. The van der Waals surface area contributed by atoms with Crippen LogP contribution in [-0.2, 0) is 13.0 Å². The standard InChI is InChI=1S/C25H26N2OS/c28-25(26-16-18-29-23-9-2-1-3-10-23)22-14-12-20(13-15-22)19-27-17-6-8-21-7-4-5-11-24(21)27/h1-5,7,9-15H,6,8,16-19H2,(H,26,28). The average Bonchev–Trinajstić information content (AvgIpc) is 2.78. The number of amides is 1. The molecule has 29 heavy (non-hydrogen) atoms. The van der Waals surface area contributed by atoms with Crippen molar-refractivity contribution in [3.05, 3.63) is 95.6 Å². The summed E-state index contributed by atoms with van der Waals surface area (Å²) in [7, 11) is 0. The molecule has 0 saturated heterocycles. The highest BCUT2D eigenvalue weighted by atomic mass is 32.2. The fourth-order valence-corrected chi connectivity index (χ4v) is 4.50. The van der Waals surface area contributed by atoms with Gasteiger partial charge in [0.15, 0.2) is 0 Å². The Hall–Kier alpha value is -2.72. The number of hydrogen-bond donors (Lipinski definition) is 1. The first-order valence-corrected chi connectivity index (χ1v) is 11.2. The molecule has 0 aromatic heterocycles. The molecule has 0 bridgehead atoms. The van der Waals surface area contributed by atoms with Crippen molar-refractivity contribution in [1.29, 1.82) is 0 Å². The van der Waals surface area contributed by atoms with Gasteiger partial charge in [0.25, 0.3) is 5.91 Å². The lowest BCUT2D eigenvalue weighted by molar-refractivity contribution is 0.0956. The molecule has 0 unspecified atom stereocenters. The van der Waals surface area contributed by atoms with Gasteiger partial charge in [0.1, 0.15) is 0 Å². The maximum Gasteiger partial charge on any atom is 0.251 e. The van der Waals surface area contributed by atoms with Gasteiger partial charge in [-0.2, -0.15) is 0 Å². The lowest BCUT2D eigenvalue weighted by Gasteiger charge is -2.31. The lowest BCUT2D eigenvalue weighted by atomic mass is 10.0. The third-order valence-electron chi connectivity index (χ3n) is 5.20. The molecule has 0 spiro atoms. The molecule has 1 amide bonds. The van der Waals surface area contributed by atoms with Crippen LogP contribution in [0.2, 0.25) is 0 Å². The Morgan fingerprint density at radius 1 is 0.931 bits per heavy atom. The number of carbonyl (C=O) groups excluding carboxylic acids is 1. The van der Waals surface area contributed by atoms with Gasteiger partial charge < -0.3 is 10.2 Å². The van der Waals surface area contributed by atoms with E-state index in [9.17, 15) is 4.79 Å². The van der Waals surface area contributed by atoms with Gasteiger partial charge in [-0.1, -0.05) is 48.5 Å². The van der Waals surface area contributed by atoms with E-state index in [0.717, 1.165) is 30.8 Å². The molecule has 0 radical (unpaired) electrons. The maximum atomic E-state index is 12.4. The van der Waals surface area contributed by atoms with Crippen LogP contribution in [-0.4, -0.2) is 24.7 Å². The highest BCUT2D eigenvalue weighted by molar-refractivity contribution is 7.99. The molecule has 4 rings (SSSR count). The van der Waals surface area contributed by atoms with Crippen molar-refractivity contribution in [3.8, 4) is 0 Å². The number of benzene rings is 3. The quantitative estimate of drug-likeness (QED) is 0.438. The average molecular weight is 403 g/mol. The third-order valence-corrected chi connectivity index (χ3v) is 6.21. The molecule has 3 aromatic carbocycles. The Balaban J connectivity index is 1.28. The molecule has 1 aliphatic rings. The van der Waals surface area contributed by atoms with Crippen LogP contribution in [0.5, 0.6) is 0 Å². The van der Waals surface area contributed by atoms with Crippen LogP contribution in [0, 0.1) is 0 Å². The largest absolute Gasteiger partial charge is 0.367 e. The van der Waals surface area contributed by atoms with Gasteiger partial charge in [0.05, 0.1) is 0 Å². The molecule has 3 nitrogen and oxygen atoms in total. The summed E-state index contributed by atoms with van der Waals surface area (Å²) in [5.74, 6) is 0.857. The molecule has 3 aromatic rings. The van der Waals surface area contributed by atoms with Gasteiger partial charge in [0, 0.05) is 41.5 Å². The summed E-state index contributed by atoms with van der Waals surface area (Å²) in [5, 5.41) is 3.01. The predicted molar refractivity (Wildman–Crippen MR) is 122 cm³/mol. The van der Waals surface area contributed by atoms with Crippen LogP contribution in [0.3, 0.4) is 0 Å². The maximum absolute atomic E-state index is 12.4. The van der Waals surface area contributed by atoms with Crippen LogP contribution in [0.1, 0.15) is 27.9 Å². The molecule has 0 saturated carbocycles. The zero-order valence-electron chi connectivity index (χ0n) is 16.5. The van der Waals surface area contributed by atoms with Crippen LogP contribution in [0.15, 0.2) is 83.8 Å². The van der Waals surface area contributed by atoms with Gasteiger partial charge in [0.2, 0.25) is 0 Å². The monoisotopic (exact) mass is 402 g/mol. The molecule has 148 valence electrons. The third kappa shape index (κ3) is 5.21. The van der Waals surface area contributed by atoms with Gasteiger partial charge in [-0.05, 0) is 54.3 Å². The van der Waals surface area contributed by atoms with E-state index >= 15 is 0 Å². The minimum absolute atomic E-state index is 0.00599. The SMILES string of the molecule is O=C(NCCSc1ccccc1)c1ccc(CN2CCCc3ccccc32)cc1. The van der Waals surface area contributed by atoms with Gasteiger partial charge in [-0.25, -0.2) is 0 Å². The summed E-state index contributed by atoms with van der Waals surface area (Å²) < 4.78 is 0. The molecule has 0 fully saturated rings. The fraction of sp³-hybridized carbons (Fsp3) is 0.240. The molecular weight excluding hydrogens is 376 g/mol.